The van der Waals surface area contributed by atoms with Crippen molar-refractivity contribution in [1.82, 2.24) is 0 Å². The van der Waals surface area contributed by atoms with E-state index in [9.17, 15) is 14.8 Å². The van der Waals surface area contributed by atoms with Crippen LogP contribution in [-0.2, 0) is 9.47 Å². The molecule has 6 nitrogen and oxygen atoms in total. The second-order valence-corrected chi connectivity index (χ2v) is 6.47. The van der Waals surface area contributed by atoms with Gasteiger partial charge >= 0.3 is 0 Å². The van der Waals surface area contributed by atoms with Crippen LogP contribution in [0.5, 0.6) is 5.75 Å². The van der Waals surface area contributed by atoms with Crippen molar-refractivity contribution in [2.75, 3.05) is 32.8 Å². The predicted molar refractivity (Wildman–Crippen MR) is 97.0 cm³/mol. The van der Waals surface area contributed by atoms with Crippen molar-refractivity contribution in [2.45, 2.75) is 17.7 Å². The lowest BCUT2D eigenvalue weighted by Crippen LogP contribution is -2.60. The molecule has 0 saturated carbocycles. The Labute approximate surface area is 157 Å². The van der Waals surface area contributed by atoms with Crippen LogP contribution >= 0.6 is 0 Å². The SMILES string of the molecule is COCC1(COC)Oc2ccc(C#N)cc2[C@@H](Nc2ccc(F)cc2)[C@@H]1O. The van der Waals surface area contributed by atoms with Crippen LogP contribution in [0.2, 0.25) is 0 Å². The summed E-state index contributed by atoms with van der Waals surface area (Å²) in [4.78, 5) is 0. The fourth-order valence-corrected chi connectivity index (χ4v) is 3.35. The number of nitrogens with one attached hydrogen (secondary N) is 1. The van der Waals surface area contributed by atoms with E-state index < -0.39 is 17.7 Å². The van der Waals surface area contributed by atoms with Gasteiger partial charge in [-0.3, -0.25) is 0 Å². The van der Waals surface area contributed by atoms with Crippen LogP contribution in [0, 0.1) is 17.1 Å². The molecular formula is C20H21FN2O4. The Morgan fingerprint density at radius 2 is 1.85 bits per heavy atom. The summed E-state index contributed by atoms with van der Waals surface area (Å²) in [5.74, 6) is 0.168. The number of aliphatic hydroxyl groups excluding tert-OH is 1. The number of fused-ring (bicyclic) bond motifs is 1. The maximum atomic E-state index is 13.2. The van der Waals surface area contributed by atoms with Gasteiger partial charge in [0, 0.05) is 25.5 Å². The molecule has 0 aromatic heterocycles. The topological polar surface area (TPSA) is 83.7 Å². The van der Waals surface area contributed by atoms with E-state index in [1.807, 2.05) is 0 Å². The summed E-state index contributed by atoms with van der Waals surface area (Å²) in [5.41, 5.74) is 0.567. The van der Waals surface area contributed by atoms with E-state index in [1.54, 1.807) is 30.3 Å². The number of nitriles is 1. The van der Waals surface area contributed by atoms with E-state index in [2.05, 4.69) is 11.4 Å². The quantitative estimate of drug-likeness (QED) is 0.811. The van der Waals surface area contributed by atoms with Crippen LogP contribution in [0.1, 0.15) is 17.2 Å². The van der Waals surface area contributed by atoms with E-state index in [0.29, 0.717) is 22.6 Å². The molecule has 0 bridgehead atoms. The summed E-state index contributed by atoms with van der Waals surface area (Å²) in [6, 6.07) is 12.3. The Hall–Kier alpha value is -2.66. The van der Waals surface area contributed by atoms with Gasteiger partial charge in [0.2, 0.25) is 0 Å². The fraction of sp³-hybridized carbons (Fsp3) is 0.350. The Morgan fingerprint density at radius 3 is 2.44 bits per heavy atom. The summed E-state index contributed by atoms with van der Waals surface area (Å²) in [7, 11) is 3.04. The molecule has 1 aliphatic heterocycles. The summed E-state index contributed by atoms with van der Waals surface area (Å²) in [5, 5.41) is 23.6. The minimum absolute atomic E-state index is 0.100. The van der Waals surface area contributed by atoms with Crippen LogP contribution in [0.3, 0.4) is 0 Å². The molecule has 0 spiro atoms. The molecule has 1 aliphatic rings. The summed E-state index contributed by atoms with van der Waals surface area (Å²) >= 11 is 0. The zero-order valence-electron chi connectivity index (χ0n) is 15.1. The highest BCUT2D eigenvalue weighted by Gasteiger charge is 2.50. The average Bonchev–Trinajstić information content (AvgIpc) is 2.67. The van der Waals surface area contributed by atoms with Crippen molar-refractivity contribution in [3.63, 3.8) is 0 Å². The van der Waals surface area contributed by atoms with Gasteiger partial charge in [0.1, 0.15) is 17.7 Å². The number of benzene rings is 2. The first-order valence-corrected chi connectivity index (χ1v) is 8.44. The molecule has 142 valence electrons. The average molecular weight is 372 g/mol. The summed E-state index contributed by atoms with van der Waals surface area (Å²) in [6.07, 6.45) is -1.05. The number of rotatable bonds is 6. The van der Waals surface area contributed by atoms with E-state index in [1.165, 1.54) is 26.4 Å². The third kappa shape index (κ3) is 3.74. The minimum atomic E-state index is -1.14. The monoisotopic (exact) mass is 372 g/mol. The highest BCUT2D eigenvalue weighted by atomic mass is 19.1. The first kappa shape index (κ1) is 19.1. The van der Waals surface area contributed by atoms with Gasteiger partial charge in [-0.1, -0.05) is 0 Å². The lowest BCUT2D eigenvalue weighted by Gasteiger charge is -2.45. The number of hydrogen-bond donors (Lipinski definition) is 2. The van der Waals surface area contributed by atoms with E-state index in [-0.39, 0.29) is 19.0 Å². The maximum absolute atomic E-state index is 13.2. The number of nitrogens with zero attached hydrogens (tertiary/aromatic N) is 1. The van der Waals surface area contributed by atoms with Crippen molar-refractivity contribution in [3.05, 3.63) is 59.4 Å². The number of halogens is 1. The third-order valence-electron chi connectivity index (χ3n) is 4.59. The van der Waals surface area contributed by atoms with Gasteiger partial charge in [0.25, 0.3) is 0 Å². The zero-order chi connectivity index (χ0) is 19.4. The van der Waals surface area contributed by atoms with Crippen molar-refractivity contribution >= 4 is 5.69 Å². The number of anilines is 1. The highest BCUT2D eigenvalue weighted by molar-refractivity contribution is 5.52. The molecule has 2 aromatic carbocycles. The highest BCUT2D eigenvalue weighted by Crippen LogP contribution is 2.42. The molecule has 0 unspecified atom stereocenters. The molecule has 2 atom stereocenters. The minimum Gasteiger partial charge on any atom is -0.479 e. The van der Waals surface area contributed by atoms with Crippen LogP contribution < -0.4 is 10.1 Å². The molecule has 1 heterocycles. The first-order valence-electron chi connectivity index (χ1n) is 8.44. The maximum Gasteiger partial charge on any atom is 0.183 e. The van der Waals surface area contributed by atoms with Gasteiger partial charge in [-0.2, -0.15) is 5.26 Å². The molecule has 0 radical (unpaired) electrons. The van der Waals surface area contributed by atoms with Crippen LogP contribution in [0.15, 0.2) is 42.5 Å². The number of methoxy groups -OCH3 is 2. The predicted octanol–water partition coefficient (Wildman–Crippen LogP) is 2.64. The lowest BCUT2D eigenvalue weighted by atomic mass is 9.84. The van der Waals surface area contributed by atoms with Crippen LogP contribution in [-0.4, -0.2) is 44.2 Å². The molecule has 0 fully saturated rings. The molecule has 2 N–H and O–H groups in total. The Kier molecular flexibility index (Phi) is 5.61. The van der Waals surface area contributed by atoms with Crippen molar-refractivity contribution in [2.24, 2.45) is 0 Å². The van der Waals surface area contributed by atoms with Gasteiger partial charge < -0.3 is 24.6 Å². The van der Waals surface area contributed by atoms with E-state index in [0.717, 1.165) is 0 Å². The molecule has 3 rings (SSSR count). The summed E-state index contributed by atoms with van der Waals surface area (Å²) in [6.45, 7) is 0.200. The Morgan fingerprint density at radius 1 is 1.19 bits per heavy atom. The van der Waals surface area contributed by atoms with Gasteiger partial charge in [0.15, 0.2) is 5.60 Å². The summed E-state index contributed by atoms with van der Waals surface area (Å²) < 4.78 is 29.9. The number of ether oxygens (including phenoxy) is 3. The standard InChI is InChI=1S/C20H21FN2O4/c1-25-11-20(12-26-2)19(24)18(23-15-6-4-14(21)5-7-15)16-9-13(10-22)3-8-17(16)27-20/h3-9,18-19,23-24H,11-12H2,1-2H3/t18-,19+/m1/s1. The van der Waals surface area contributed by atoms with Gasteiger partial charge in [0.05, 0.1) is 30.9 Å². The second-order valence-electron chi connectivity index (χ2n) is 6.47. The lowest BCUT2D eigenvalue weighted by molar-refractivity contribution is -0.142. The largest absolute Gasteiger partial charge is 0.479 e. The van der Waals surface area contributed by atoms with E-state index >= 15 is 0 Å². The second kappa shape index (κ2) is 7.92. The Balaban J connectivity index is 2.06. The van der Waals surface area contributed by atoms with Gasteiger partial charge in [-0.05, 0) is 42.5 Å². The van der Waals surface area contributed by atoms with Gasteiger partial charge in [-0.25, -0.2) is 4.39 Å². The van der Waals surface area contributed by atoms with Crippen LogP contribution in [0.25, 0.3) is 0 Å². The van der Waals surface area contributed by atoms with Crippen LogP contribution in [0.4, 0.5) is 10.1 Å². The molecule has 0 aliphatic carbocycles. The van der Waals surface area contributed by atoms with E-state index in [4.69, 9.17) is 14.2 Å². The zero-order valence-corrected chi connectivity index (χ0v) is 15.1. The molecule has 0 amide bonds. The normalized spacial score (nSPS) is 20.3. The van der Waals surface area contributed by atoms with Crippen molar-refractivity contribution < 1.29 is 23.7 Å². The molecule has 7 heteroatoms. The number of aliphatic hydroxyl groups is 1. The molecule has 2 aromatic rings. The van der Waals surface area contributed by atoms with Gasteiger partial charge in [-0.15, -0.1) is 0 Å². The fourth-order valence-electron chi connectivity index (χ4n) is 3.35. The first-order chi connectivity index (χ1) is 13.0. The third-order valence-corrected chi connectivity index (χ3v) is 4.59. The van der Waals surface area contributed by atoms with Crippen molar-refractivity contribution in [1.29, 1.82) is 5.26 Å². The molecule has 0 saturated heterocycles. The number of hydrogen-bond acceptors (Lipinski definition) is 6. The Bertz CT molecular complexity index is 829. The smallest absolute Gasteiger partial charge is 0.183 e. The molecular weight excluding hydrogens is 351 g/mol. The molecule has 27 heavy (non-hydrogen) atoms. The van der Waals surface area contributed by atoms with Crippen molar-refractivity contribution in [3.8, 4) is 11.8 Å².